The minimum Gasteiger partial charge on any atom is -0.489 e. The second-order valence-electron chi connectivity index (χ2n) is 13.0. The molecule has 56 heavy (non-hydrogen) atoms. The van der Waals surface area contributed by atoms with Crippen molar-refractivity contribution in [1.82, 2.24) is 0 Å². The molecule has 0 fully saturated rings. The van der Waals surface area contributed by atoms with Crippen molar-refractivity contribution in [3.8, 4) is 23.0 Å². The fraction of sp³-hybridized carbons (Fsp3) is 0.125. The minimum atomic E-state index is -1.51. The van der Waals surface area contributed by atoms with Gasteiger partial charge < -0.3 is 28.0 Å². The summed E-state index contributed by atoms with van der Waals surface area (Å²) in [6.45, 7) is 2.29. The molecule has 7 rings (SSSR count). The highest BCUT2D eigenvalue weighted by atomic mass is 79.9. The van der Waals surface area contributed by atoms with Gasteiger partial charge in [0.25, 0.3) is 0 Å². The van der Waals surface area contributed by atoms with Crippen molar-refractivity contribution >= 4 is 29.6 Å². The number of rotatable bonds is 19. The number of hydrogen-bond acceptors (Lipinski definition) is 6. The van der Waals surface area contributed by atoms with Crippen LogP contribution in [0.2, 0.25) is 0 Å². The zero-order valence-electron chi connectivity index (χ0n) is 30.8. The summed E-state index contributed by atoms with van der Waals surface area (Å²) in [5, 5.41) is 0.942. The Morgan fingerprint density at radius 1 is 0.321 bits per heavy atom. The summed E-state index contributed by atoms with van der Waals surface area (Å²) in [4.78, 5) is 0. The van der Waals surface area contributed by atoms with Crippen LogP contribution in [-0.2, 0) is 48.7 Å². The van der Waals surface area contributed by atoms with Gasteiger partial charge in [-0.05, 0) is 81.9 Å². The molecule has 0 spiro atoms. The molecule has 0 aliphatic rings. The van der Waals surface area contributed by atoms with Gasteiger partial charge >= 0.3 is 0 Å². The van der Waals surface area contributed by atoms with Gasteiger partial charge in [-0.3, -0.25) is 0 Å². The van der Waals surface area contributed by atoms with E-state index in [1.165, 1.54) is 0 Å². The van der Waals surface area contributed by atoms with E-state index in [0.717, 1.165) is 43.2 Å². The van der Waals surface area contributed by atoms with E-state index in [1.54, 1.807) is 0 Å². The molecule has 6 nitrogen and oxygen atoms in total. The third-order valence-corrected chi connectivity index (χ3v) is 10.6. The van der Waals surface area contributed by atoms with Crippen LogP contribution < -0.4 is 24.3 Å². The Morgan fingerprint density at radius 2 is 0.625 bits per heavy atom. The molecule has 0 atom stereocenters. The fourth-order valence-electron chi connectivity index (χ4n) is 5.74. The Hall–Kier alpha value is -5.43. The smallest absolute Gasteiger partial charge is 0.205 e. The van der Waals surface area contributed by atoms with Crippen molar-refractivity contribution in [3.05, 3.63) is 220 Å². The Balaban J connectivity index is 1.09. The van der Waals surface area contributed by atoms with Crippen molar-refractivity contribution in [2.75, 3.05) is 0 Å². The van der Waals surface area contributed by atoms with E-state index < -0.39 is 8.38 Å². The highest BCUT2D eigenvalue weighted by Gasteiger charge is 2.17. The zero-order chi connectivity index (χ0) is 38.2. The van der Waals surface area contributed by atoms with Crippen LogP contribution in [0.1, 0.15) is 33.4 Å². The van der Waals surface area contributed by atoms with Gasteiger partial charge in [-0.15, -0.1) is 0 Å². The molecule has 0 saturated heterocycles. The van der Waals surface area contributed by atoms with Crippen molar-refractivity contribution in [1.29, 1.82) is 0 Å². The van der Waals surface area contributed by atoms with Gasteiger partial charge in [0, 0.05) is 21.9 Å². The monoisotopic (exact) mass is 824 g/mol. The van der Waals surface area contributed by atoms with E-state index >= 15 is 0 Å². The van der Waals surface area contributed by atoms with E-state index in [-0.39, 0.29) is 13.2 Å². The Bertz CT molecular complexity index is 1960. The van der Waals surface area contributed by atoms with E-state index in [0.29, 0.717) is 49.4 Å². The van der Waals surface area contributed by atoms with Crippen LogP contribution in [0.25, 0.3) is 0 Å². The highest BCUT2D eigenvalue weighted by Crippen LogP contribution is 2.41. The maximum atomic E-state index is 6.64. The predicted molar refractivity (Wildman–Crippen MR) is 226 cm³/mol. The molecule has 0 saturated carbocycles. The Kier molecular flexibility index (Phi) is 14.2. The van der Waals surface area contributed by atoms with E-state index in [4.69, 9.17) is 28.0 Å². The lowest BCUT2D eigenvalue weighted by atomic mass is 10.2. The molecule has 8 heteroatoms. The third kappa shape index (κ3) is 12.3. The first-order chi connectivity index (χ1) is 27.6. The van der Waals surface area contributed by atoms with Crippen LogP contribution in [0.4, 0.5) is 0 Å². The summed E-state index contributed by atoms with van der Waals surface area (Å²) in [5.41, 5.74) is 6.12. The van der Waals surface area contributed by atoms with Crippen LogP contribution in [-0.4, -0.2) is 0 Å². The molecule has 7 aromatic carbocycles. The lowest BCUT2D eigenvalue weighted by molar-refractivity contribution is 0.239. The van der Waals surface area contributed by atoms with Gasteiger partial charge in [0.1, 0.15) is 49.4 Å². The van der Waals surface area contributed by atoms with Gasteiger partial charge in [0.05, 0.1) is 13.2 Å². The lowest BCUT2D eigenvalue weighted by Crippen LogP contribution is -2.07. The molecule has 0 aliphatic carbocycles. The van der Waals surface area contributed by atoms with Crippen LogP contribution >= 0.6 is 24.3 Å². The van der Waals surface area contributed by atoms with E-state index in [9.17, 15) is 0 Å². The van der Waals surface area contributed by atoms with Crippen molar-refractivity contribution in [2.24, 2.45) is 0 Å². The first-order valence-corrected chi connectivity index (χ1v) is 20.3. The molecular weight excluding hydrogens is 783 g/mol. The summed E-state index contributed by atoms with van der Waals surface area (Å²) in [7, 11) is -1.51. The van der Waals surface area contributed by atoms with Crippen LogP contribution in [0.3, 0.4) is 0 Å². The van der Waals surface area contributed by atoms with Crippen LogP contribution in [0.5, 0.6) is 23.0 Å². The molecule has 0 bridgehead atoms. The summed E-state index contributed by atoms with van der Waals surface area (Å²) in [5.74, 6) is 2.79. The van der Waals surface area contributed by atoms with Gasteiger partial charge in [-0.1, -0.05) is 137 Å². The predicted octanol–water partition coefficient (Wildman–Crippen LogP) is 12.1. The number of benzene rings is 7. The molecule has 282 valence electrons. The summed E-state index contributed by atoms with van der Waals surface area (Å²) < 4.78 is 39.3. The molecular formula is C48H42BrO6P. The quantitative estimate of drug-likeness (QED) is 0.0757. The fourth-order valence-corrected chi connectivity index (χ4v) is 7.30. The van der Waals surface area contributed by atoms with Gasteiger partial charge in [-0.2, -0.15) is 0 Å². The zero-order valence-corrected chi connectivity index (χ0v) is 33.3. The standard InChI is InChI=1S/C48H42BrO6P/c49-43-21-23-48(24-22-43)56(54-35-41-25-44(50-31-37-13-5-1-6-14-37)29-45(26-41)51-32-38-15-7-2-8-16-38)55-36-42-27-46(52-33-39-17-9-3-10-18-39)30-47(28-42)53-34-40-19-11-4-12-20-40/h1-30H,31-36H2. The average molecular weight is 826 g/mol. The number of ether oxygens (including phenoxy) is 4. The molecule has 0 radical (unpaired) electrons. The normalized spacial score (nSPS) is 11.0. The van der Waals surface area contributed by atoms with Gasteiger partial charge in [-0.25, -0.2) is 0 Å². The maximum Gasteiger partial charge on any atom is 0.205 e. The van der Waals surface area contributed by atoms with Gasteiger partial charge in [0.2, 0.25) is 8.38 Å². The SMILES string of the molecule is Brc1ccc(P(OCc2cc(OCc3ccccc3)cc(OCc3ccccc3)c2)OCc2cc(OCc3ccccc3)cc(OCc3ccccc3)c2)cc1. The largest absolute Gasteiger partial charge is 0.489 e. The highest BCUT2D eigenvalue weighted by molar-refractivity contribution is 9.10. The maximum absolute atomic E-state index is 6.64. The van der Waals surface area contributed by atoms with E-state index in [2.05, 4.69) is 15.9 Å². The summed E-state index contributed by atoms with van der Waals surface area (Å²) >= 11 is 3.57. The molecule has 0 amide bonds. The second-order valence-corrected chi connectivity index (χ2v) is 15.5. The summed E-state index contributed by atoms with van der Waals surface area (Å²) in [6, 6.07) is 60.3. The van der Waals surface area contributed by atoms with Crippen molar-refractivity contribution in [3.63, 3.8) is 0 Å². The lowest BCUT2D eigenvalue weighted by Gasteiger charge is -2.20. The number of hydrogen-bond donors (Lipinski definition) is 0. The molecule has 0 aliphatic heterocycles. The van der Waals surface area contributed by atoms with Crippen LogP contribution in [0.15, 0.2) is 186 Å². The summed E-state index contributed by atoms with van der Waals surface area (Å²) in [6.07, 6.45) is 0. The van der Waals surface area contributed by atoms with Gasteiger partial charge in [0.15, 0.2) is 0 Å². The van der Waals surface area contributed by atoms with E-state index in [1.807, 2.05) is 182 Å². The second kappa shape index (κ2) is 20.5. The topological polar surface area (TPSA) is 55.4 Å². The minimum absolute atomic E-state index is 0.275. The number of halogens is 1. The first-order valence-electron chi connectivity index (χ1n) is 18.4. The molecule has 0 N–H and O–H groups in total. The molecule has 0 aromatic heterocycles. The average Bonchev–Trinajstić information content (AvgIpc) is 3.25. The molecule has 7 aromatic rings. The van der Waals surface area contributed by atoms with Crippen molar-refractivity contribution in [2.45, 2.75) is 39.6 Å². The molecule has 0 unspecified atom stereocenters. The Morgan fingerprint density at radius 3 is 0.929 bits per heavy atom. The first kappa shape index (κ1) is 38.8. The molecule has 0 heterocycles. The third-order valence-electron chi connectivity index (χ3n) is 8.61. The van der Waals surface area contributed by atoms with Crippen LogP contribution in [0, 0.1) is 0 Å². The Labute approximate surface area is 338 Å². The van der Waals surface area contributed by atoms with Crippen molar-refractivity contribution < 1.29 is 28.0 Å².